The van der Waals surface area contributed by atoms with Crippen molar-refractivity contribution in [3.8, 4) is 0 Å². The fourth-order valence-electron chi connectivity index (χ4n) is 2.21. The number of benzene rings is 1. The van der Waals surface area contributed by atoms with E-state index in [1.807, 2.05) is 19.1 Å². The number of carbonyl (C=O) groups is 2. The van der Waals surface area contributed by atoms with Crippen molar-refractivity contribution >= 4 is 23.5 Å². The fourth-order valence-corrected chi connectivity index (χ4v) is 3.59. The maximum absolute atomic E-state index is 12.3. The molecule has 0 aromatic heterocycles. The Bertz CT molecular complexity index is 509. The van der Waals surface area contributed by atoms with Gasteiger partial charge in [-0.2, -0.15) is 0 Å². The third kappa shape index (κ3) is 1.05. The number of thioether (sulfide) groups is 1. The molecule has 0 saturated carbocycles. The molecule has 1 atom stereocenters. The van der Waals surface area contributed by atoms with Crippen LogP contribution in [0, 0.1) is 6.92 Å². The summed E-state index contributed by atoms with van der Waals surface area (Å²) in [7, 11) is 0. The third-order valence-corrected chi connectivity index (χ3v) is 4.77. The summed E-state index contributed by atoms with van der Waals surface area (Å²) in [4.78, 5) is 24.9. The molecule has 1 unspecified atom stereocenters. The maximum atomic E-state index is 12.3. The van der Waals surface area contributed by atoms with Gasteiger partial charge in [0.2, 0.25) is 0 Å². The van der Waals surface area contributed by atoms with Crippen molar-refractivity contribution in [3.63, 3.8) is 0 Å². The van der Waals surface area contributed by atoms with Crippen LogP contribution in [0.1, 0.15) is 22.3 Å². The van der Waals surface area contributed by atoms with E-state index in [9.17, 15) is 9.59 Å². The standard InChI is InChI=1S/C12H10O3S/c1-7-3-2-4-8-9(7)16-12(10(8)13)5-6-15-11(12)14/h2-4H,5-6H2,1H3. The van der Waals surface area contributed by atoms with Gasteiger partial charge in [-0.3, -0.25) is 9.59 Å². The van der Waals surface area contributed by atoms with Gasteiger partial charge in [0, 0.05) is 16.9 Å². The van der Waals surface area contributed by atoms with Crippen molar-refractivity contribution < 1.29 is 14.3 Å². The number of aryl methyl sites for hydroxylation is 1. The van der Waals surface area contributed by atoms with Gasteiger partial charge in [-0.15, -0.1) is 0 Å². The quantitative estimate of drug-likeness (QED) is 0.508. The normalized spacial score (nSPS) is 27.3. The topological polar surface area (TPSA) is 43.4 Å². The van der Waals surface area contributed by atoms with Gasteiger partial charge in [0.1, 0.15) is 0 Å². The van der Waals surface area contributed by atoms with Crippen LogP contribution in [0.4, 0.5) is 0 Å². The Kier molecular flexibility index (Phi) is 1.92. The second-order valence-corrected chi connectivity index (χ2v) is 5.41. The van der Waals surface area contributed by atoms with Gasteiger partial charge in [-0.1, -0.05) is 30.0 Å². The molecule has 1 aromatic rings. The van der Waals surface area contributed by atoms with Crippen molar-refractivity contribution in [3.05, 3.63) is 29.3 Å². The first-order chi connectivity index (χ1) is 7.65. The van der Waals surface area contributed by atoms with Gasteiger partial charge in [-0.25, -0.2) is 0 Å². The van der Waals surface area contributed by atoms with E-state index in [0.717, 1.165) is 10.5 Å². The molecule has 2 aliphatic rings. The average molecular weight is 234 g/mol. The summed E-state index contributed by atoms with van der Waals surface area (Å²) in [6, 6.07) is 5.60. The fraction of sp³-hybridized carbons (Fsp3) is 0.333. The number of esters is 1. The molecular weight excluding hydrogens is 224 g/mol. The van der Waals surface area contributed by atoms with Crippen molar-refractivity contribution in [1.82, 2.24) is 0 Å². The first-order valence-corrected chi connectivity index (χ1v) is 5.97. The van der Waals surface area contributed by atoms with Gasteiger partial charge in [0.15, 0.2) is 10.5 Å². The largest absolute Gasteiger partial charge is 0.464 e. The van der Waals surface area contributed by atoms with Gasteiger partial charge in [0.25, 0.3) is 0 Å². The minimum Gasteiger partial charge on any atom is -0.464 e. The van der Waals surface area contributed by atoms with Gasteiger partial charge in [-0.05, 0) is 12.5 Å². The van der Waals surface area contributed by atoms with Crippen LogP contribution in [-0.2, 0) is 9.53 Å². The molecule has 0 aliphatic carbocycles. The summed E-state index contributed by atoms with van der Waals surface area (Å²) < 4.78 is 3.97. The van der Waals surface area contributed by atoms with Crippen LogP contribution in [0.2, 0.25) is 0 Å². The zero-order valence-corrected chi connectivity index (χ0v) is 9.60. The minimum absolute atomic E-state index is 0.0845. The predicted molar refractivity (Wildman–Crippen MR) is 59.7 cm³/mol. The highest BCUT2D eigenvalue weighted by atomic mass is 32.2. The number of hydrogen-bond acceptors (Lipinski definition) is 4. The van der Waals surface area contributed by atoms with E-state index in [4.69, 9.17) is 4.74 Å². The summed E-state index contributed by atoms with van der Waals surface area (Å²) in [5.41, 5.74) is 1.72. The Morgan fingerprint density at radius 1 is 1.38 bits per heavy atom. The summed E-state index contributed by atoms with van der Waals surface area (Å²) in [5.74, 6) is -0.461. The lowest BCUT2D eigenvalue weighted by molar-refractivity contribution is -0.138. The highest BCUT2D eigenvalue weighted by molar-refractivity contribution is 8.03. The van der Waals surface area contributed by atoms with E-state index in [2.05, 4.69) is 0 Å². The SMILES string of the molecule is Cc1cccc2c1SC1(CCOC1=O)C2=O. The van der Waals surface area contributed by atoms with E-state index in [1.165, 1.54) is 11.8 Å². The number of rotatable bonds is 0. The molecule has 0 N–H and O–H groups in total. The summed E-state index contributed by atoms with van der Waals surface area (Å²) >= 11 is 1.36. The number of cyclic esters (lactones) is 1. The second-order valence-electron chi connectivity index (χ2n) is 4.10. The molecule has 2 aliphatic heterocycles. The zero-order valence-electron chi connectivity index (χ0n) is 8.78. The Morgan fingerprint density at radius 2 is 2.19 bits per heavy atom. The van der Waals surface area contributed by atoms with Crippen LogP contribution in [0.15, 0.2) is 23.1 Å². The zero-order chi connectivity index (χ0) is 11.3. The highest BCUT2D eigenvalue weighted by Crippen LogP contribution is 2.50. The average Bonchev–Trinajstić information content (AvgIpc) is 2.76. The maximum Gasteiger partial charge on any atom is 0.330 e. The number of ketones is 1. The summed E-state index contributed by atoms with van der Waals surface area (Å²) in [5, 5.41) is 0. The van der Waals surface area contributed by atoms with Gasteiger partial charge >= 0.3 is 5.97 Å². The predicted octanol–water partition coefficient (Wildman–Crippen LogP) is 1.97. The van der Waals surface area contributed by atoms with Crippen LogP contribution in [0.3, 0.4) is 0 Å². The molecule has 3 nitrogen and oxygen atoms in total. The molecule has 16 heavy (non-hydrogen) atoms. The van der Waals surface area contributed by atoms with E-state index in [-0.39, 0.29) is 11.8 Å². The number of fused-ring (bicyclic) bond motifs is 1. The summed E-state index contributed by atoms with van der Waals surface area (Å²) in [6.07, 6.45) is 0.490. The molecule has 1 saturated heterocycles. The molecule has 1 spiro atoms. The Labute approximate surface area is 97.2 Å². The van der Waals surface area contributed by atoms with Gasteiger partial charge in [0.05, 0.1) is 6.61 Å². The van der Waals surface area contributed by atoms with Crippen molar-refractivity contribution in [2.75, 3.05) is 6.61 Å². The van der Waals surface area contributed by atoms with Gasteiger partial charge < -0.3 is 4.74 Å². The lowest BCUT2D eigenvalue weighted by Crippen LogP contribution is -2.36. The Hall–Kier alpha value is -1.29. The van der Waals surface area contributed by atoms with Crippen LogP contribution < -0.4 is 0 Å². The highest BCUT2D eigenvalue weighted by Gasteiger charge is 2.56. The van der Waals surface area contributed by atoms with E-state index in [0.29, 0.717) is 18.6 Å². The minimum atomic E-state index is -0.978. The Balaban J connectivity index is 2.17. The van der Waals surface area contributed by atoms with Crippen molar-refractivity contribution in [2.24, 2.45) is 0 Å². The summed E-state index contributed by atoms with van der Waals surface area (Å²) in [6.45, 7) is 2.31. The lowest BCUT2D eigenvalue weighted by Gasteiger charge is -2.13. The van der Waals surface area contributed by atoms with Crippen LogP contribution in [-0.4, -0.2) is 23.1 Å². The lowest BCUT2D eigenvalue weighted by atomic mass is 9.95. The molecule has 1 fully saturated rings. The Morgan fingerprint density at radius 3 is 2.81 bits per heavy atom. The van der Waals surface area contributed by atoms with E-state index < -0.39 is 4.75 Å². The number of ether oxygens (including phenoxy) is 1. The monoisotopic (exact) mass is 234 g/mol. The smallest absolute Gasteiger partial charge is 0.330 e. The van der Waals surface area contributed by atoms with Crippen molar-refractivity contribution in [1.29, 1.82) is 0 Å². The van der Waals surface area contributed by atoms with Crippen LogP contribution in [0.5, 0.6) is 0 Å². The molecule has 0 amide bonds. The number of hydrogen-bond donors (Lipinski definition) is 0. The molecule has 3 rings (SSSR count). The third-order valence-electron chi connectivity index (χ3n) is 3.12. The molecule has 82 valence electrons. The van der Waals surface area contributed by atoms with E-state index in [1.54, 1.807) is 6.07 Å². The molecule has 0 radical (unpaired) electrons. The second kappa shape index (κ2) is 3.10. The molecular formula is C12H10O3S. The molecule has 0 bridgehead atoms. The molecule has 4 heteroatoms. The molecule has 2 heterocycles. The first kappa shape index (κ1) is 9.90. The number of Topliss-reactive ketones (excluding diaryl/α,β-unsaturated/α-hetero) is 1. The molecule has 1 aromatic carbocycles. The van der Waals surface area contributed by atoms with Crippen molar-refractivity contribution in [2.45, 2.75) is 23.0 Å². The van der Waals surface area contributed by atoms with Crippen LogP contribution >= 0.6 is 11.8 Å². The van der Waals surface area contributed by atoms with E-state index >= 15 is 0 Å². The number of carbonyl (C=O) groups excluding carboxylic acids is 2. The first-order valence-electron chi connectivity index (χ1n) is 5.16. The van der Waals surface area contributed by atoms with Crippen LogP contribution in [0.25, 0.3) is 0 Å².